The largest absolute Gasteiger partial charge is 0.444 e. The second kappa shape index (κ2) is 9.01. The molecule has 9 nitrogen and oxygen atoms in total. The van der Waals surface area contributed by atoms with Gasteiger partial charge in [0.2, 0.25) is 5.91 Å². The van der Waals surface area contributed by atoms with Crippen LogP contribution in [0, 0.1) is 0 Å². The van der Waals surface area contributed by atoms with E-state index < -0.39 is 6.09 Å². The minimum absolute atomic E-state index is 0.0806. The normalized spacial score (nSPS) is 20.1. The van der Waals surface area contributed by atoms with Crippen LogP contribution in [0.25, 0.3) is 0 Å². The number of hydrazine groups is 1. The second-order valence-electron chi connectivity index (χ2n) is 7.03. The SMILES string of the molecule is CCC(=O)N1CCN(c2ccc(N3C[C@H](CCC(C)=O)OC3=O)cn2)CCN1. The van der Waals surface area contributed by atoms with Crippen molar-refractivity contribution < 1.29 is 19.1 Å². The highest BCUT2D eigenvalue weighted by atomic mass is 16.6. The van der Waals surface area contributed by atoms with Gasteiger partial charge in [0.15, 0.2) is 0 Å². The number of nitrogens with zero attached hydrogens (tertiary/aromatic N) is 4. The van der Waals surface area contributed by atoms with Gasteiger partial charge in [-0.25, -0.2) is 15.2 Å². The lowest BCUT2D eigenvalue weighted by Gasteiger charge is -2.22. The maximum atomic E-state index is 12.1. The molecule has 0 radical (unpaired) electrons. The third-order valence-electron chi connectivity index (χ3n) is 4.94. The van der Waals surface area contributed by atoms with Crippen LogP contribution in [0.4, 0.5) is 16.3 Å². The van der Waals surface area contributed by atoms with Crippen molar-refractivity contribution in [3.05, 3.63) is 18.3 Å². The molecular weight excluding hydrogens is 362 g/mol. The van der Waals surface area contributed by atoms with E-state index >= 15 is 0 Å². The van der Waals surface area contributed by atoms with Gasteiger partial charge in [-0.1, -0.05) is 6.92 Å². The molecule has 2 aliphatic rings. The zero-order valence-electron chi connectivity index (χ0n) is 16.4. The van der Waals surface area contributed by atoms with Gasteiger partial charge in [-0.15, -0.1) is 0 Å². The molecule has 3 rings (SSSR count). The number of anilines is 2. The van der Waals surface area contributed by atoms with Gasteiger partial charge >= 0.3 is 6.09 Å². The molecule has 1 aromatic heterocycles. The first-order chi connectivity index (χ1) is 13.5. The van der Waals surface area contributed by atoms with Crippen LogP contribution in [0.5, 0.6) is 0 Å². The predicted molar refractivity (Wildman–Crippen MR) is 104 cm³/mol. The summed E-state index contributed by atoms with van der Waals surface area (Å²) >= 11 is 0. The quantitative estimate of drug-likeness (QED) is 0.784. The number of ketones is 1. The Balaban J connectivity index is 1.60. The van der Waals surface area contributed by atoms with Gasteiger partial charge in [0.25, 0.3) is 0 Å². The van der Waals surface area contributed by atoms with Gasteiger partial charge in [0.05, 0.1) is 25.0 Å². The molecule has 2 aliphatic heterocycles. The zero-order valence-corrected chi connectivity index (χ0v) is 16.4. The number of hydrogen-bond donors (Lipinski definition) is 1. The molecule has 0 spiro atoms. The summed E-state index contributed by atoms with van der Waals surface area (Å²) in [6.45, 7) is 6.48. The molecule has 0 aliphatic carbocycles. The highest BCUT2D eigenvalue weighted by Crippen LogP contribution is 2.24. The van der Waals surface area contributed by atoms with Crippen LogP contribution in [0.2, 0.25) is 0 Å². The maximum Gasteiger partial charge on any atom is 0.414 e. The molecule has 1 atom stereocenters. The molecule has 0 unspecified atom stereocenters. The zero-order chi connectivity index (χ0) is 20.1. The van der Waals surface area contributed by atoms with E-state index in [1.807, 2.05) is 19.1 Å². The first-order valence-electron chi connectivity index (χ1n) is 9.70. The Morgan fingerprint density at radius 3 is 2.79 bits per heavy atom. The van der Waals surface area contributed by atoms with Gasteiger partial charge < -0.3 is 14.4 Å². The molecule has 1 N–H and O–H groups in total. The number of cyclic esters (lactones) is 1. The predicted octanol–water partition coefficient (Wildman–Crippen LogP) is 1.34. The number of carbonyl (C=O) groups excluding carboxylic acids is 3. The van der Waals surface area contributed by atoms with Gasteiger partial charge in [0, 0.05) is 32.5 Å². The Kier molecular flexibility index (Phi) is 6.45. The molecule has 0 aromatic carbocycles. The Labute approximate surface area is 164 Å². The van der Waals surface area contributed by atoms with Crippen molar-refractivity contribution in [3.8, 4) is 0 Å². The monoisotopic (exact) mass is 389 g/mol. The van der Waals surface area contributed by atoms with Crippen LogP contribution in [0.3, 0.4) is 0 Å². The fraction of sp³-hybridized carbons (Fsp3) is 0.579. The van der Waals surface area contributed by atoms with E-state index in [0.717, 1.165) is 12.4 Å². The van der Waals surface area contributed by atoms with Gasteiger partial charge in [-0.2, -0.15) is 0 Å². The summed E-state index contributed by atoms with van der Waals surface area (Å²) in [4.78, 5) is 43.3. The lowest BCUT2D eigenvalue weighted by molar-refractivity contribution is -0.133. The van der Waals surface area contributed by atoms with Crippen molar-refractivity contribution in [3.63, 3.8) is 0 Å². The highest BCUT2D eigenvalue weighted by molar-refractivity contribution is 5.89. The molecule has 152 valence electrons. The van der Waals surface area contributed by atoms with E-state index in [0.29, 0.717) is 51.1 Å². The van der Waals surface area contributed by atoms with Crippen molar-refractivity contribution in [2.75, 3.05) is 42.5 Å². The van der Waals surface area contributed by atoms with Crippen LogP contribution >= 0.6 is 0 Å². The fourth-order valence-electron chi connectivity index (χ4n) is 3.34. The molecule has 3 heterocycles. The molecule has 2 saturated heterocycles. The topological polar surface area (TPSA) is 95.1 Å². The lowest BCUT2D eigenvalue weighted by Crippen LogP contribution is -2.43. The van der Waals surface area contributed by atoms with E-state index in [9.17, 15) is 14.4 Å². The fourth-order valence-corrected chi connectivity index (χ4v) is 3.34. The van der Waals surface area contributed by atoms with Crippen molar-refractivity contribution in [1.29, 1.82) is 0 Å². The summed E-state index contributed by atoms with van der Waals surface area (Å²) in [6.07, 6.45) is 2.40. The molecule has 0 bridgehead atoms. The van der Waals surface area contributed by atoms with Crippen LogP contribution in [-0.4, -0.2) is 66.6 Å². The van der Waals surface area contributed by atoms with Crippen molar-refractivity contribution in [2.45, 2.75) is 39.2 Å². The average Bonchev–Trinajstić information content (AvgIpc) is 2.90. The third kappa shape index (κ3) is 4.78. The standard InChI is InChI=1S/C19H27N5O4/c1-3-18(26)24-11-10-22(9-8-21-24)17-7-5-15(12-20-17)23-13-16(28-19(23)27)6-4-14(2)25/h5,7,12,16,21H,3-4,6,8-11,13H2,1-2H3/t16-/m0/s1. The number of carbonyl (C=O) groups is 3. The Morgan fingerprint density at radius 2 is 2.11 bits per heavy atom. The van der Waals surface area contributed by atoms with E-state index in [2.05, 4.69) is 15.3 Å². The van der Waals surface area contributed by atoms with Gasteiger partial charge in [-0.05, 0) is 25.5 Å². The van der Waals surface area contributed by atoms with Crippen LogP contribution < -0.4 is 15.2 Å². The van der Waals surface area contributed by atoms with E-state index in [1.54, 1.807) is 16.1 Å². The number of rotatable bonds is 6. The Hall–Kier alpha value is -2.68. The molecule has 28 heavy (non-hydrogen) atoms. The molecule has 1 aromatic rings. The average molecular weight is 389 g/mol. The summed E-state index contributed by atoms with van der Waals surface area (Å²) in [5.74, 6) is 0.973. The maximum absolute atomic E-state index is 12.1. The summed E-state index contributed by atoms with van der Waals surface area (Å²) in [5, 5.41) is 1.66. The number of ether oxygens (including phenoxy) is 1. The number of hydrogen-bond acceptors (Lipinski definition) is 7. The molecule has 2 fully saturated rings. The summed E-state index contributed by atoms with van der Waals surface area (Å²) < 4.78 is 5.34. The number of Topliss-reactive ketones (excluding diaryl/α,β-unsaturated/α-hetero) is 1. The number of pyridine rings is 1. The summed E-state index contributed by atoms with van der Waals surface area (Å²) in [5.41, 5.74) is 3.82. The first-order valence-corrected chi connectivity index (χ1v) is 9.70. The molecular formula is C19H27N5O4. The smallest absolute Gasteiger partial charge is 0.414 e. The Bertz CT molecular complexity index is 724. The number of nitrogens with one attached hydrogen (secondary N) is 1. The van der Waals surface area contributed by atoms with Crippen molar-refractivity contribution >= 4 is 29.3 Å². The number of aromatic nitrogens is 1. The highest BCUT2D eigenvalue weighted by Gasteiger charge is 2.32. The van der Waals surface area contributed by atoms with E-state index in [-0.39, 0.29) is 17.8 Å². The van der Waals surface area contributed by atoms with Gasteiger partial charge in [0.1, 0.15) is 17.7 Å². The number of amides is 2. The van der Waals surface area contributed by atoms with Crippen LogP contribution in [0.1, 0.15) is 33.1 Å². The van der Waals surface area contributed by atoms with E-state index in [4.69, 9.17) is 4.74 Å². The summed E-state index contributed by atoms with van der Waals surface area (Å²) in [6, 6.07) is 3.73. The second-order valence-corrected chi connectivity index (χ2v) is 7.03. The minimum Gasteiger partial charge on any atom is -0.444 e. The molecule has 9 heteroatoms. The molecule has 2 amide bonds. The third-order valence-corrected chi connectivity index (χ3v) is 4.94. The van der Waals surface area contributed by atoms with Crippen LogP contribution in [0.15, 0.2) is 18.3 Å². The van der Waals surface area contributed by atoms with Crippen molar-refractivity contribution in [1.82, 2.24) is 15.4 Å². The minimum atomic E-state index is -0.407. The first kappa shape index (κ1) is 20.1. The van der Waals surface area contributed by atoms with Crippen molar-refractivity contribution in [2.24, 2.45) is 0 Å². The lowest BCUT2D eigenvalue weighted by atomic mass is 10.1. The van der Waals surface area contributed by atoms with E-state index in [1.165, 1.54) is 6.92 Å². The Morgan fingerprint density at radius 1 is 1.29 bits per heavy atom. The van der Waals surface area contributed by atoms with Crippen LogP contribution in [-0.2, 0) is 14.3 Å². The van der Waals surface area contributed by atoms with Gasteiger partial charge in [-0.3, -0.25) is 14.7 Å². The molecule has 0 saturated carbocycles. The summed E-state index contributed by atoms with van der Waals surface area (Å²) in [7, 11) is 0.